The van der Waals surface area contributed by atoms with Crippen LogP contribution in [0.15, 0.2) is 30.3 Å². The number of rotatable bonds is 9. The Balaban J connectivity index is 1.98. The predicted octanol–water partition coefficient (Wildman–Crippen LogP) is 3.59. The summed E-state index contributed by atoms with van der Waals surface area (Å²) in [5, 5.41) is 0. The lowest BCUT2D eigenvalue weighted by atomic mass is 10.1. The standard InChI is InChI=1S/C22H25NO6/c1-5-28-22(27)19-13(2)20(23-14(19)3)21(26)15(4)29-18(25)12-11-17(24)16-9-7-6-8-10-16/h6-10,15,23H,5,11-12H2,1-4H3. The van der Waals surface area contributed by atoms with E-state index in [1.54, 1.807) is 51.1 Å². The van der Waals surface area contributed by atoms with Gasteiger partial charge in [-0.1, -0.05) is 30.3 Å². The van der Waals surface area contributed by atoms with Gasteiger partial charge in [0.05, 0.1) is 24.3 Å². The van der Waals surface area contributed by atoms with E-state index < -0.39 is 23.8 Å². The maximum Gasteiger partial charge on any atom is 0.340 e. The van der Waals surface area contributed by atoms with Gasteiger partial charge in [0, 0.05) is 17.7 Å². The molecule has 1 heterocycles. The lowest BCUT2D eigenvalue weighted by Gasteiger charge is -2.12. The molecule has 1 N–H and O–H groups in total. The van der Waals surface area contributed by atoms with E-state index in [1.165, 1.54) is 6.92 Å². The Kier molecular flexibility index (Phi) is 7.47. The number of ketones is 2. The van der Waals surface area contributed by atoms with Crippen molar-refractivity contribution in [3.63, 3.8) is 0 Å². The van der Waals surface area contributed by atoms with Crippen LogP contribution in [0, 0.1) is 13.8 Å². The summed E-state index contributed by atoms with van der Waals surface area (Å²) in [6.45, 7) is 6.68. The lowest BCUT2D eigenvalue weighted by Crippen LogP contribution is -2.25. The number of benzene rings is 1. The van der Waals surface area contributed by atoms with Gasteiger partial charge in [0.25, 0.3) is 0 Å². The van der Waals surface area contributed by atoms with Crippen molar-refractivity contribution in [2.45, 2.75) is 46.6 Å². The first-order valence-corrected chi connectivity index (χ1v) is 9.44. The Morgan fingerprint density at radius 1 is 1.03 bits per heavy atom. The molecule has 0 aliphatic heterocycles. The summed E-state index contributed by atoms with van der Waals surface area (Å²) in [7, 11) is 0. The molecule has 0 aliphatic rings. The van der Waals surface area contributed by atoms with E-state index in [1.807, 2.05) is 0 Å². The van der Waals surface area contributed by atoms with Gasteiger partial charge in [0.1, 0.15) is 0 Å². The second-order valence-electron chi connectivity index (χ2n) is 6.63. The molecule has 0 radical (unpaired) electrons. The number of nitrogens with one attached hydrogen (secondary N) is 1. The second kappa shape index (κ2) is 9.82. The number of Topliss-reactive ketones (excluding diaryl/α,β-unsaturated/α-hetero) is 2. The maximum atomic E-state index is 12.7. The normalized spacial score (nSPS) is 11.6. The van der Waals surface area contributed by atoms with E-state index in [9.17, 15) is 19.2 Å². The molecule has 0 fully saturated rings. The highest BCUT2D eigenvalue weighted by Gasteiger charge is 2.27. The van der Waals surface area contributed by atoms with E-state index in [0.29, 0.717) is 22.4 Å². The van der Waals surface area contributed by atoms with Crippen molar-refractivity contribution in [1.29, 1.82) is 0 Å². The van der Waals surface area contributed by atoms with Gasteiger partial charge in [-0.2, -0.15) is 0 Å². The van der Waals surface area contributed by atoms with Crippen LogP contribution in [-0.2, 0) is 14.3 Å². The van der Waals surface area contributed by atoms with Crippen molar-refractivity contribution >= 4 is 23.5 Å². The van der Waals surface area contributed by atoms with Crippen LogP contribution in [-0.4, -0.2) is 41.2 Å². The average Bonchev–Trinajstić information content (AvgIpc) is 3.00. The molecule has 1 aromatic carbocycles. The van der Waals surface area contributed by atoms with Gasteiger partial charge in [-0.3, -0.25) is 14.4 Å². The fourth-order valence-corrected chi connectivity index (χ4v) is 3.00. The molecular weight excluding hydrogens is 374 g/mol. The quantitative estimate of drug-likeness (QED) is 0.511. The first-order valence-electron chi connectivity index (χ1n) is 9.44. The monoisotopic (exact) mass is 399 g/mol. The summed E-state index contributed by atoms with van der Waals surface area (Å²) in [5.74, 6) is -1.77. The highest BCUT2D eigenvalue weighted by Crippen LogP contribution is 2.21. The molecule has 1 atom stereocenters. The molecule has 0 aliphatic carbocycles. The van der Waals surface area contributed by atoms with E-state index >= 15 is 0 Å². The van der Waals surface area contributed by atoms with Crippen LogP contribution in [0.3, 0.4) is 0 Å². The zero-order chi connectivity index (χ0) is 21.6. The number of hydrogen-bond donors (Lipinski definition) is 1. The van der Waals surface area contributed by atoms with Gasteiger partial charge in [0.15, 0.2) is 11.9 Å². The Hall–Kier alpha value is -3.22. The minimum absolute atomic E-state index is 0.00258. The third-order valence-corrected chi connectivity index (χ3v) is 4.49. The van der Waals surface area contributed by atoms with Gasteiger partial charge in [-0.25, -0.2) is 4.79 Å². The molecule has 0 saturated carbocycles. The summed E-state index contributed by atoms with van der Waals surface area (Å²) in [6, 6.07) is 8.65. The molecule has 1 unspecified atom stereocenters. The Bertz CT molecular complexity index is 913. The molecule has 0 spiro atoms. The highest BCUT2D eigenvalue weighted by atomic mass is 16.5. The molecule has 1 aromatic heterocycles. The summed E-state index contributed by atoms with van der Waals surface area (Å²) in [4.78, 5) is 51.8. The third-order valence-electron chi connectivity index (χ3n) is 4.49. The molecule has 0 saturated heterocycles. The van der Waals surface area contributed by atoms with E-state index in [4.69, 9.17) is 9.47 Å². The fraction of sp³-hybridized carbons (Fsp3) is 0.364. The molecule has 2 rings (SSSR count). The molecule has 29 heavy (non-hydrogen) atoms. The van der Waals surface area contributed by atoms with Crippen molar-refractivity contribution in [3.8, 4) is 0 Å². The van der Waals surface area contributed by atoms with Crippen molar-refractivity contribution in [3.05, 3.63) is 58.4 Å². The number of hydrogen-bond acceptors (Lipinski definition) is 6. The Morgan fingerprint density at radius 2 is 1.69 bits per heavy atom. The molecule has 154 valence electrons. The average molecular weight is 399 g/mol. The number of esters is 2. The van der Waals surface area contributed by atoms with Crippen molar-refractivity contribution in [1.82, 2.24) is 4.98 Å². The van der Waals surface area contributed by atoms with Crippen LogP contribution < -0.4 is 0 Å². The van der Waals surface area contributed by atoms with Crippen molar-refractivity contribution in [2.24, 2.45) is 0 Å². The third kappa shape index (κ3) is 5.40. The zero-order valence-corrected chi connectivity index (χ0v) is 17.0. The lowest BCUT2D eigenvalue weighted by molar-refractivity contribution is -0.146. The predicted molar refractivity (Wildman–Crippen MR) is 106 cm³/mol. The van der Waals surface area contributed by atoms with Crippen molar-refractivity contribution in [2.75, 3.05) is 6.61 Å². The number of ether oxygens (including phenoxy) is 2. The molecule has 0 amide bonds. The SMILES string of the molecule is CCOC(=O)c1c(C)[nH]c(C(=O)C(C)OC(=O)CCC(=O)c2ccccc2)c1C. The van der Waals surface area contributed by atoms with Crippen LogP contribution in [0.25, 0.3) is 0 Å². The van der Waals surface area contributed by atoms with Crippen LogP contribution in [0.4, 0.5) is 0 Å². The van der Waals surface area contributed by atoms with Crippen LogP contribution in [0.2, 0.25) is 0 Å². The molecule has 7 heteroatoms. The van der Waals surface area contributed by atoms with E-state index in [2.05, 4.69) is 4.98 Å². The van der Waals surface area contributed by atoms with Gasteiger partial charge in [-0.05, 0) is 33.3 Å². The number of carbonyl (C=O) groups excluding carboxylic acids is 4. The molecular formula is C22H25NO6. The second-order valence-corrected chi connectivity index (χ2v) is 6.63. The minimum Gasteiger partial charge on any atom is -0.462 e. The molecule has 7 nitrogen and oxygen atoms in total. The number of aryl methyl sites for hydroxylation is 1. The van der Waals surface area contributed by atoms with E-state index in [0.717, 1.165) is 0 Å². The van der Waals surface area contributed by atoms with Gasteiger partial charge in [-0.15, -0.1) is 0 Å². The summed E-state index contributed by atoms with van der Waals surface area (Å²) in [6.07, 6.45) is -1.18. The first kappa shape index (κ1) is 22.1. The number of carbonyl (C=O) groups is 4. The fourth-order valence-electron chi connectivity index (χ4n) is 3.00. The van der Waals surface area contributed by atoms with Gasteiger partial charge < -0.3 is 14.5 Å². The number of aromatic amines is 1. The van der Waals surface area contributed by atoms with Crippen molar-refractivity contribution < 1.29 is 28.7 Å². The maximum absolute atomic E-state index is 12.7. The Labute approximate surface area is 169 Å². The number of aromatic nitrogens is 1. The van der Waals surface area contributed by atoms with Crippen LogP contribution >= 0.6 is 0 Å². The summed E-state index contributed by atoms with van der Waals surface area (Å²) >= 11 is 0. The molecule has 0 bridgehead atoms. The smallest absolute Gasteiger partial charge is 0.340 e. The number of H-pyrrole nitrogens is 1. The zero-order valence-electron chi connectivity index (χ0n) is 17.0. The van der Waals surface area contributed by atoms with Crippen LogP contribution in [0.5, 0.6) is 0 Å². The minimum atomic E-state index is -1.05. The summed E-state index contributed by atoms with van der Waals surface area (Å²) < 4.78 is 10.2. The van der Waals surface area contributed by atoms with Gasteiger partial charge in [0.2, 0.25) is 5.78 Å². The first-order chi connectivity index (χ1) is 13.8. The topological polar surface area (TPSA) is 103 Å². The van der Waals surface area contributed by atoms with Crippen LogP contribution in [0.1, 0.15) is 69.2 Å². The summed E-state index contributed by atoms with van der Waals surface area (Å²) in [5.41, 5.74) is 1.99. The van der Waals surface area contributed by atoms with E-state index in [-0.39, 0.29) is 30.9 Å². The highest BCUT2D eigenvalue weighted by molar-refractivity contribution is 6.04. The largest absolute Gasteiger partial charge is 0.462 e. The van der Waals surface area contributed by atoms with Gasteiger partial charge >= 0.3 is 11.9 Å². The Morgan fingerprint density at radius 3 is 2.31 bits per heavy atom. The molecule has 2 aromatic rings.